The molecule has 0 saturated carbocycles. The lowest BCUT2D eigenvalue weighted by Gasteiger charge is -2.34. The zero-order valence-electron chi connectivity index (χ0n) is 21.1. The highest BCUT2D eigenvalue weighted by molar-refractivity contribution is 6.16. The molecule has 1 amide bonds. The largest absolute Gasteiger partial charge is 0.492 e. The summed E-state index contributed by atoms with van der Waals surface area (Å²) < 4.78 is 6.19. The van der Waals surface area contributed by atoms with E-state index in [1.807, 2.05) is 29.2 Å². The van der Waals surface area contributed by atoms with E-state index in [-0.39, 0.29) is 7.33 Å². The van der Waals surface area contributed by atoms with Gasteiger partial charge >= 0.3 is 0 Å². The van der Waals surface area contributed by atoms with E-state index >= 15 is 0 Å². The van der Waals surface area contributed by atoms with Crippen LogP contribution >= 0.6 is 0 Å². The number of hydrogen-bond donors (Lipinski definition) is 2. The molecule has 2 saturated heterocycles. The Labute approximate surface area is 215 Å². The second kappa shape index (κ2) is 10.7. The normalized spacial score (nSPS) is 18.5. The molecular weight excluding hydrogens is 448 g/mol. The summed E-state index contributed by atoms with van der Waals surface area (Å²) >= 11 is 0. The van der Waals surface area contributed by atoms with Crippen LogP contribution in [0.3, 0.4) is 0 Å². The van der Waals surface area contributed by atoms with Crippen LogP contribution in [0.15, 0.2) is 54.6 Å². The van der Waals surface area contributed by atoms with Gasteiger partial charge in [-0.1, -0.05) is 31.5 Å². The molecule has 5 rings (SSSR count). The van der Waals surface area contributed by atoms with Crippen molar-refractivity contribution in [2.45, 2.75) is 45.1 Å². The summed E-state index contributed by atoms with van der Waals surface area (Å²) in [6.45, 7) is 6.76. The third-order valence-electron chi connectivity index (χ3n) is 7.66. The van der Waals surface area contributed by atoms with Crippen LogP contribution in [0, 0.1) is 5.41 Å². The maximum Gasteiger partial charge on any atom is 0.253 e. The molecule has 0 bridgehead atoms. The maximum absolute atomic E-state index is 12.9. The maximum atomic E-state index is 12.9. The Hall–Kier alpha value is -3.38. The number of amides is 1. The number of benzene rings is 3. The second-order valence-electron chi connectivity index (χ2n) is 9.99. The van der Waals surface area contributed by atoms with Gasteiger partial charge in [-0.25, -0.2) is 0 Å². The molecule has 1 atom stereocenters. The lowest BCUT2D eigenvalue weighted by molar-refractivity contribution is 0.0793. The smallest absolute Gasteiger partial charge is 0.253 e. The number of piperidine rings is 1. The standard InChI is InChI=1S/C30H36N4O2.H2/c1-2-33-14-4-3-7-25(33)20-36-26-12-10-21-17-23(9-8-22(21)18-26)29(32)27-19-24(11-13-28(27)31)30(35)34-15-5-6-16-34;/h8-13,17-19,25,32H,2-7,14-16,20,31H2,1H3;1H/t25-;/m0./s1. The number of fused-ring (bicyclic) bond motifs is 1. The van der Waals surface area contributed by atoms with Crippen molar-refractivity contribution in [1.29, 1.82) is 5.41 Å². The van der Waals surface area contributed by atoms with Gasteiger partial charge in [0, 0.05) is 42.9 Å². The molecule has 3 aromatic rings. The monoisotopic (exact) mass is 486 g/mol. The molecule has 2 aliphatic heterocycles. The number of nitrogens with zero attached hydrogens (tertiary/aromatic N) is 2. The quantitative estimate of drug-likeness (QED) is 0.338. The van der Waals surface area contributed by atoms with Gasteiger partial charge in [0.1, 0.15) is 12.4 Å². The molecule has 2 fully saturated rings. The van der Waals surface area contributed by atoms with E-state index in [1.54, 1.807) is 18.2 Å². The highest BCUT2D eigenvalue weighted by Gasteiger charge is 2.22. The fourth-order valence-corrected chi connectivity index (χ4v) is 5.49. The van der Waals surface area contributed by atoms with Gasteiger partial charge < -0.3 is 15.4 Å². The van der Waals surface area contributed by atoms with Crippen LogP contribution < -0.4 is 10.5 Å². The lowest BCUT2D eigenvalue weighted by atomic mass is 9.96. The van der Waals surface area contributed by atoms with Crippen LogP contribution in [0.4, 0.5) is 5.69 Å². The van der Waals surface area contributed by atoms with Crippen molar-refractivity contribution >= 4 is 28.1 Å². The van der Waals surface area contributed by atoms with E-state index in [9.17, 15) is 4.79 Å². The molecule has 2 heterocycles. The number of likely N-dealkylation sites (N-methyl/N-ethyl adjacent to an activating group) is 1. The van der Waals surface area contributed by atoms with E-state index in [4.69, 9.17) is 15.9 Å². The van der Waals surface area contributed by atoms with E-state index in [2.05, 4.69) is 24.0 Å². The average Bonchev–Trinajstić information content (AvgIpc) is 3.46. The predicted octanol–water partition coefficient (Wildman–Crippen LogP) is 5.57. The molecule has 0 spiro atoms. The number of rotatable bonds is 7. The Kier molecular flexibility index (Phi) is 7.23. The van der Waals surface area contributed by atoms with E-state index < -0.39 is 0 Å². The molecule has 0 aliphatic carbocycles. The van der Waals surface area contributed by atoms with Gasteiger partial charge in [0.25, 0.3) is 5.91 Å². The second-order valence-corrected chi connectivity index (χ2v) is 9.99. The summed E-state index contributed by atoms with van der Waals surface area (Å²) in [6.07, 6.45) is 5.84. The number of anilines is 1. The zero-order chi connectivity index (χ0) is 25.1. The molecule has 0 radical (unpaired) electrons. The Morgan fingerprint density at radius 3 is 2.50 bits per heavy atom. The Morgan fingerprint density at radius 2 is 1.69 bits per heavy atom. The van der Waals surface area contributed by atoms with Crippen LogP contribution in [-0.4, -0.2) is 60.2 Å². The number of carbonyl (C=O) groups excluding carboxylic acids is 1. The number of nitrogens with one attached hydrogen (secondary N) is 1. The fourth-order valence-electron chi connectivity index (χ4n) is 5.49. The fraction of sp³-hybridized carbons (Fsp3) is 0.400. The summed E-state index contributed by atoms with van der Waals surface area (Å²) in [6, 6.07) is 17.9. The van der Waals surface area contributed by atoms with Crippen LogP contribution in [0.2, 0.25) is 0 Å². The van der Waals surface area contributed by atoms with Crippen molar-refractivity contribution < 1.29 is 11.0 Å². The number of nitrogens with two attached hydrogens (primary N) is 1. The predicted molar refractivity (Wildman–Crippen MR) is 148 cm³/mol. The van der Waals surface area contributed by atoms with E-state index in [0.29, 0.717) is 35.2 Å². The lowest BCUT2D eigenvalue weighted by Crippen LogP contribution is -2.42. The van der Waals surface area contributed by atoms with Crippen LogP contribution in [-0.2, 0) is 0 Å². The van der Waals surface area contributed by atoms with Crippen molar-refractivity contribution in [2.75, 3.05) is 38.5 Å². The molecule has 3 aromatic carbocycles. The highest BCUT2D eigenvalue weighted by Crippen LogP contribution is 2.26. The Morgan fingerprint density at radius 1 is 0.972 bits per heavy atom. The van der Waals surface area contributed by atoms with E-state index in [0.717, 1.165) is 61.1 Å². The van der Waals surface area contributed by atoms with Gasteiger partial charge in [0.15, 0.2) is 0 Å². The number of nitrogen functional groups attached to an aromatic ring is 1. The summed E-state index contributed by atoms with van der Waals surface area (Å²) in [5.41, 5.74) is 9.02. The van der Waals surface area contributed by atoms with Crippen LogP contribution in [0.1, 0.15) is 61.9 Å². The van der Waals surface area contributed by atoms with E-state index in [1.165, 1.54) is 19.3 Å². The molecule has 0 aromatic heterocycles. The Bertz CT molecular complexity index is 1270. The summed E-state index contributed by atoms with van der Waals surface area (Å²) in [5.74, 6) is 0.896. The molecule has 36 heavy (non-hydrogen) atoms. The topological polar surface area (TPSA) is 82.7 Å². The summed E-state index contributed by atoms with van der Waals surface area (Å²) in [7, 11) is 0. The van der Waals surface area contributed by atoms with Gasteiger partial charge in [-0.15, -0.1) is 0 Å². The average molecular weight is 487 g/mol. The van der Waals surface area contributed by atoms with Gasteiger partial charge in [0.05, 0.1) is 5.71 Å². The minimum atomic E-state index is 0. The molecule has 2 aliphatic rings. The third-order valence-corrected chi connectivity index (χ3v) is 7.66. The number of carbonyl (C=O) groups is 1. The minimum Gasteiger partial charge on any atom is -0.492 e. The first-order valence-electron chi connectivity index (χ1n) is 13.2. The molecule has 190 valence electrons. The minimum absolute atomic E-state index is 0. The van der Waals surface area contributed by atoms with Crippen molar-refractivity contribution in [3.05, 3.63) is 71.3 Å². The molecule has 0 unspecified atom stereocenters. The van der Waals surface area contributed by atoms with Crippen molar-refractivity contribution in [2.24, 2.45) is 0 Å². The first-order chi connectivity index (χ1) is 17.5. The Balaban J connectivity index is 0.00000320. The van der Waals surface area contributed by atoms with Gasteiger partial charge in [-0.2, -0.15) is 0 Å². The summed E-state index contributed by atoms with van der Waals surface area (Å²) in [4.78, 5) is 17.3. The number of ether oxygens (including phenoxy) is 1. The van der Waals surface area contributed by atoms with Gasteiger partial charge in [-0.05, 0) is 85.9 Å². The number of likely N-dealkylation sites (tertiary alicyclic amines) is 2. The van der Waals surface area contributed by atoms with Crippen molar-refractivity contribution in [3.8, 4) is 5.75 Å². The van der Waals surface area contributed by atoms with Crippen molar-refractivity contribution in [1.82, 2.24) is 9.80 Å². The van der Waals surface area contributed by atoms with Crippen LogP contribution in [0.5, 0.6) is 5.75 Å². The molecular formula is C30H38N4O2. The molecule has 6 heteroatoms. The van der Waals surface area contributed by atoms with Crippen LogP contribution in [0.25, 0.3) is 10.8 Å². The van der Waals surface area contributed by atoms with Gasteiger partial charge in [0.2, 0.25) is 0 Å². The first-order valence-corrected chi connectivity index (χ1v) is 13.2. The van der Waals surface area contributed by atoms with Gasteiger partial charge in [-0.3, -0.25) is 15.1 Å². The molecule has 3 N–H and O–H groups in total. The third kappa shape index (κ3) is 5.09. The SMILES string of the molecule is CCN1CCCC[C@H]1COc1ccc2cc(C(=N)c3cc(C(=O)N4CCCC4)ccc3N)ccc2c1.[HH]. The molecule has 6 nitrogen and oxygen atoms in total. The zero-order valence-corrected chi connectivity index (χ0v) is 21.1. The summed E-state index contributed by atoms with van der Waals surface area (Å²) in [5, 5.41) is 11.0. The first kappa shape index (κ1) is 24.3. The highest BCUT2D eigenvalue weighted by atomic mass is 16.5. The number of hydrogen-bond acceptors (Lipinski definition) is 5. The van der Waals surface area contributed by atoms with Crippen molar-refractivity contribution in [3.63, 3.8) is 0 Å².